The van der Waals surface area contributed by atoms with Crippen molar-refractivity contribution in [3.63, 3.8) is 0 Å². The summed E-state index contributed by atoms with van der Waals surface area (Å²) in [6.45, 7) is 0.575. The molecule has 0 spiro atoms. The van der Waals surface area contributed by atoms with E-state index in [1.54, 1.807) is 0 Å². The van der Waals surface area contributed by atoms with Crippen molar-refractivity contribution < 1.29 is 9.59 Å². The molecule has 28 heavy (non-hydrogen) atoms. The predicted molar refractivity (Wildman–Crippen MR) is 109 cm³/mol. The molecule has 2 fully saturated rings. The molecule has 3 aliphatic rings. The van der Waals surface area contributed by atoms with Gasteiger partial charge in [-0.25, -0.2) is 0 Å². The van der Waals surface area contributed by atoms with Crippen LogP contribution in [0, 0.1) is 5.92 Å². The molecule has 1 N–H and O–H groups in total. The van der Waals surface area contributed by atoms with Crippen LogP contribution >= 0.6 is 0 Å². The molecule has 1 aliphatic heterocycles. The highest BCUT2D eigenvalue weighted by atomic mass is 16.2. The quantitative estimate of drug-likeness (QED) is 0.881. The summed E-state index contributed by atoms with van der Waals surface area (Å²) in [5.74, 6) is 0.192. The average molecular weight is 374 g/mol. The number of piperidine rings is 1. The number of amides is 2. The van der Waals surface area contributed by atoms with Crippen LogP contribution in [0.1, 0.15) is 55.7 Å². The van der Waals surface area contributed by atoms with E-state index in [9.17, 15) is 9.59 Å². The van der Waals surface area contributed by atoms with Gasteiger partial charge in [-0.1, -0.05) is 61.4 Å². The van der Waals surface area contributed by atoms with Gasteiger partial charge >= 0.3 is 0 Å². The van der Waals surface area contributed by atoms with Crippen molar-refractivity contribution in [2.45, 2.75) is 50.6 Å². The summed E-state index contributed by atoms with van der Waals surface area (Å²) < 4.78 is 0. The summed E-state index contributed by atoms with van der Waals surface area (Å²) >= 11 is 0. The standard InChI is InChI=1S/C24H26N2O2/c27-22-14-13-16(15-26(22)17-7-1-2-8-17)24(28)25-23-20-11-5-3-9-18(20)19-10-4-6-12-21(19)23/h3-6,9-12,16-17,23H,1-2,7-8,13-15H2,(H,25,28)/t16-/m1/s1. The highest BCUT2D eigenvalue weighted by Gasteiger charge is 2.37. The van der Waals surface area contributed by atoms with E-state index in [-0.39, 0.29) is 23.8 Å². The van der Waals surface area contributed by atoms with E-state index in [0.29, 0.717) is 25.4 Å². The van der Waals surface area contributed by atoms with E-state index in [1.807, 2.05) is 29.2 Å². The number of hydrogen-bond acceptors (Lipinski definition) is 2. The van der Waals surface area contributed by atoms with Gasteiger partial charge in [0.05, 0.1) is 12.0 Å². The largest absolute Gasteiger partial charge is 0.345 e. The van der Waals surface area contributed by atoms with Gasteiger partial charge in [0.1, 0.15) is 0 Å². The minimum absolute atomic E-state index is 0.0759. The van der Waals surface area contributed by atoms with E-state index in [2.05, 4.69) is 29.6 Å². The first-order valence-corrected chi connectivity index (χ1v) is 10.5. The Bertz CT molecular complexity index is 871. The summed E-state index contributed by atoms with van der Waals surface area (Å²) in [5.41, 5.74) is 4.73. The fourth-order valence-electron chi connectivity index (χ4n) is 5.23. The Morgan fingerprint density at radius 1 is 0.893 bits per heavy atom. The fraction of sp³-hybridized carbons (Fsp3) is 0.417. The second kappa shape index (κ2) is 7.08. The molecule has 4 heteroatoms. The van der Waals surface area contributed by atoms with E-state index in [4.69, 9.17) is 0 Å². The summed E-state index contributed by atoms with van der Waals surface area (Å²) in [4.78, 5) is 27.6. The zero-order chi connectivity index (χ0) is 19.1. The van der Waals surface area contributed by atoms with Gasteiger partial charge in [0, 0.05) is 19.0 Å². The highest BCUT2D eigenvalue weighted by Crippen LogP contribution is 2.43. The number of hydrogen-bond donors (Lipinski definition) is 1. The average Bonchev–Trinajstić information content (AvgIpc) is 3.36. The summed E-state index contributed by atoms with van der Waals surface area (Å²) in [6, 6.07) is 16.9. The number of benzene rings is 2. The first-order chi connectivity index (χ1) is 13.7. The van der Waals surface area contributed by atoms with Gasteiger partial charge < -0.3 is 10.2 Å². The molecule has 4 nitrogen and oxygen atoms in total. The van der Waals surface area contributed by atoms with Gasteiger partial charge in [-0.15, -0.1) is 0 Å². The number of carbonyl (C=O) groups is 2. The molecule has 0 unspecified atom stereocenters. The number of rotatable bonds is 3. The van der Waals surface area contributed by atoms with Crippen molar-refractivity contribution in [2.75, 3.05) is 6.54 Å². The van der Waals surface area contributed by atoms with Gasteiger partial charge in [0.25, 0.3) is 0 Å². The molecule has 0 radical (unpaired) electrons. The number of likely N-dealkylation sites (tertiary alicyclic amines) is 1. The Balaban J connectivity index is 1.36. The van der Waals surface area contributed by atoms with Crippen LogP contribution in [0.25, 0.3) is 11.1 Å². The van der Waals surface area contributed by atoms with Crippen molar-refractivity contribution >= 4 is 11.8 Å². The second-order valence-electron chi connectivity index (χ2n) is 8.34. The first-order valence-electron chi connectivity index (χ1n) is 10.5. The number of carbonyl (C=O) groups excluding carboxylic acids is 2. The number of fused-ring (bicyclic) bond motifs is 3. The van der Waals surface area contributed by atoms with Crippen molar-refractivity contribution in [1.29, 1.82) is 0 Å². The Kier molecular flexibility index (Phi) is 4.42. The Morgan fingerprint density at radius 2 is 1.50 bits per heavy atom. The molecule has 1 heterocycles. The fourth-order valence-corrected chi connectivity index (χ4v) is 5.23. The lowest BCUT2D eigenvalue weighted by Crippen LogP contribution is -2.49. The molecular weight excluding hydrogens is 348 g/mol. The van der Waals surface area contributed by atoms with E-state index >= 15 is 0 Å². The summed E-state index contributed by atoms with van der Waals surface area (Å²) in [7, 11) is 0. The Labute approximate surface area is 165 Å². The number of nitrogens with zero attached hydrogens (tertiary/aromatic N) is 1. The topological polar surface area (TPSA) is 49.4 Å². The lowest BCUT2D eigenvalue weighted by molar-refractivity contribution is -0.140. The molecule has 2 aromatic rings. The van der Waals surface area contributed by atoms with E-state index in [0.717, 1.165) is 24.0 Å². The van der Waals surface area contributed by atoms with Crippen molar-refractivity contribution in [1.82, 2.24) is 10.2 Å². The first kappa shape index (κ1) is 17.5. The van der Waals surface area contributed by atoms with Crippen LogP contribution in [0.4, 0.5) is 0 Å². The molecule has 5 rings (SSSR count). The maximum absolute atomic E-state index is 13.2. The lowest BCUT2D eigenvalue weighted by Gasteiger charge is -2.36. The lowest BCUT2D eigenvalue weighted by atomic mass is 9.94. The third-order valence-corrected chi connectivity index (χ3v) is 6.70. The van der Waals surface area contributed by atoms with Crippen molar-refractivity contribution in [3.05, 3.63) is 59.7 Å². The highest BCUT2D eigenvalue weighted by molar-refractivity contribution is 5.86. The minimum atomic E-state index is -0.113. The van der Waals surface area contributed by atoms with Gasteiger partial charge in [0.2, 0.25) is 11.8 Å². The molecule has 2 amide bonds. The zero-order valence-electron chi connectivity index (χ0n) is 16.1. The van der Waals surface area contributed by atoms with Gasteiger partial charge in [-0.3, -0.25) is 9.59 Å². The Morgan fingerprint density at radius 3 is 2.14 bits per heavy atom. The van der Waals surface area contributed by atoms with Crippen LogP contribution in [-0.4, -0.2) is 29.3 Å². The van der Waals surface area contributed by atoms with Crippen molar-refractivity contribution in [2.24, 2.45) is 5.92 Å². The minimum Gasteiger partial charge on any atom is -0.345 e. The molecule has 1 saturated carbocycles. The molecule has 0 bridgehead atoms. The van der Waals surface area contributed by atoms with E-state index < -0.39 is 0 Å². The predicted octanol–water partition coefficient (Wildman–Crippen LogP) is 4.05. The van der Waals surface area contributed by atoms with Crippen LogP contribution in [0.15, 0.2) is 48.5 Å². The second-order valence-corrected chi connectivity index (χ2v) is 8.34. The molecule has 0 aromatic heterocycles. The van der Waals surface area contributed by atoms with Crippen LogP contribution in [0.5, 0.6) is 0 Å². The molecule has 2 aliphatic carbocycles. The smallest absolute Gasteiger partial charge is 0.225 e. The van der Waals surface area contributed by atoms with Crippen LogP contribution < -0.4 is 5.32 Å². The molecule has 1 saturated heterocycles. The van der Waals surface area contributed by atoms with Crippen LogP contribution in [-0.2, 0) is 9.59 Å². The van der Waals surface area contributed by atoms with Gasteiger partial charge in [-0.05, 0) is 41.5 Å². The van der Waals surface area contributed by atoms with E-state index in [1.165, 1.54) is 24.0 Å². The summed E-state index contributed by atoms with van der Waals surface area (Å²) in [6.07, 6.45) is 5.71. The SMILES string of the molecule is O=C(NC1c2ccccc2-c2ccccc21)[C@@H]1CCC(=O)N(C2CCCC2)C1. The third kappa shape index (κ3) is 2.92. The van der Waals surface area contributed by atoms with Gasteiger partial charge in [0.15, 0.2) is 0 Å². The molecular formula is C24H26N2O2. The van der Waals surface area contributed by atoms with Crippen molar-refractivity contribution in [3.8, 4) is 11.1 Å². The molecule has 144 valence electrons. The molecule has 1 atom stereocenters. The van der Waals surface area contributed by atoms with Gasteiger partial charge in [-0.2, -0.15) is 0 Å². The zero-order valence-corrected chi connectivity index (χ0v) is 16.1. The maximum atomic E-state index is 13.2. The number of nitrogens with one attached hydrogen (secondary N) is 1. The maximum Gasteiger partial charge on any atom is 0.225 e. The van der Waals surface area contributed by atoms with Crippen LogP contribution in [0.2, 0.25) is 0 Å². The molecule has 2 aromatic carbocycles. The third-order valence-electron chi connectivity index (χ3n) is 6.70. The van der Waals surface area contributed by atoms with Crippen LogP contribution in [0.3, 0.4) is 0 Å². The normalized spacial score (nSPS) is 22.2. The summed E-state index contributed by atoms with van der Waals surface area (Å²) in [5, 5.41) is 3.31. The monoisotopic (exact) mass is 374 g/mol. The Hall–Kier alpha value is -2.62.